The fourth-order valence-electron chi connectivity index (χ4n) is 1.31. The Morgan fingerprint density at radius 1 is 1.20 bits per heavy atom. The highest BCUT2D eigenvalue weighted by atomic mass is 35.5. The van der Waals surface area contributed by atoms with Gasteiger partial charge in [0.05, 0.1) is 10.4 Å². The SMILES string of the molecule is CS(=O)(=O)c1ccc2nc(Cl)ccc2c1. The van der Waals surface area contributed by atoms with E-state index in [-0.39, 0.29) is 0 Å². The Morgan fingerprint density at radius 3 is 2.60 bits per heavy atom. The summed E-state index contributed by atoms with van der Waals surface area (Å²) in [5.41, 5.74) is 0.690. The van der Waals surface area contributed by atoms with Gasteiger partial charge in [-0.25, -0.2) is 13.4 Å². The molecule has 2 rings (SSSR count). The number of halogens is 1. The number of hydrogen-bond acceptors (Lipinski definition) is 3. The molecule has 0 N–H and O–H groups in total. The lowest BCUT2D eigenvalue weighted by Crippen LogP contribution is -1.96. The molecule has 0 aliphatic carbocycles. The third-order valence-corrected chi connectivity index (χ3v) is 3.38. The van der Waals surface area contributed by atoms with Crippen LogP contribution < -0.4 is 0 Å². The molecule has 15 heavy (non-hydrogen) atoms. The molecule has 1 heterocycles. The molecule has 0 amide bonds. The van der Waals surface area contributed by atoms with Gasteiger partial charge in [-0.15, -0.1) is 0 Å². The second kappa shape index (κ2) is 3.47. The first-order valence-corrected chi connectivity index (χ1v) is 6.50. The number of pyridine rings is 1. The fourth-order valence-corrected chi connectivity index (χ4v) is 2.12. The third kappa shape index (κ3) is 2.11. The standard InChI is InChI=1S/C10H8ClNO2S/c1-15(13,14)8-3-4-9-7(6-8)2-5-10(11)12-9/h2-6H,1H3. The average molecular weight is 242 g/mol. The molecule has 0 radical (unpaired) electrons. The first-order valence-electron chi connectivity index (χ1n) is 4.23. The van der Waals surface area contributed by atoms with E-state index in [9.17, 15) is 8.42 Å². The van der Waals surface area contributed by atoms with Crippen LogP contribution in [0.25, 0.3) is 10.9 Å². The fraction of sp³-hybridized carbons (Fsp3) is 0.100. The van der Waals surface area contributed by atoms with Crippen LogP contribution in [0.5, 0.6) is 0 Å². The molecular formula is C10H8ClNO2S. The van der Waals surface area contributed by atoms with Gasteiger partial charge in [-0.2, -0.15) is 0 Å². The van der Waals surface area contributed by atoms with E-state index in [1.54, 1.807) is 24.3 Å². The zero-order chi connectivity index (χ0) is 11.1. The number of hydrogen-bond donors (Lipinski definition) is 0. The van der Waals surface area contributed by atoms with Gasteiger partial charge in [-0.1, -0.05) is 11.6 Å². The molecule has 0 saturated carbocycles. The highest BCUT2D eigenvalue weighted by Gasteiger charge is 2.07. The minimum Gasteiger partial charge on any atom is -0.236 e. The molecule has 0 unspecified atom stereocenters. The van der Waals surface area contributed by atoms with Gasteiger partial charge in [-0.05, 0) is 30.3 Å². The molecule has 78 valence electrons. The Morgan fingerprint density at radius 2 is 1.93 bits per heavy atom. The maximum atomic E-state index is 11.3. The molecule has 0 spiro atoms. The molecule has 0 aliphatic heterocycles. The van der Waals surface area contributed by atoms with Crippen molar-refractivity contribution in [1.82, 2.24) is 4.98 Å². The summed E-state index contributed by atoms with van der Waals surface area (Å²) in [6.07, 6.45) is 1.18. The van der Waals surface area contributed by atoms with E-state index >= 15 is 0 Å². The van der Waals surface area contributed by atoms with Crippen molar-refractivity contribution in [2.45, 2.75) is 4.90 Å². The maximum absolute atomic E-state index is 11.3. The first-order chi connectivity index (χ1) is 6.97. The molecule has 0 bridgehead atoms. The van der Waals surface area contributed by atoms with Crippen LogP contribution in [0, 0.1) is 0 Å². The van der Waals surface area contributed by atoms with Crippen molar-refractivity contribution in [3.05, 3.63) is 35.5 Å². The molecule has 0 aliphatic rings. The summed E-state index contributed by atoms with van der Waals surface area (Å²) >= 11 is 5.72. The van der Waals surface area contributed by atoms with Gasteiger partial charge in [0.25, 0.3) is 0 Å². The second-order valence-corrected chi connectivity index (χ2v) is 5.66. The Labute approximate surface area is 92.6 Å². The van der Waals surface area contributed by atoms with E-state index in [0.717, 1.165) is 5.39 Å². The van der Waals surface area contributed by atoms with Crippen molar-refractivity contribution in [3.63, 3.8) is 0 Å². The summed E-state index contributed by atoms with van der Waals surface area (Å²) in [7, 11) is -3.17. The Kier molecular flexibility index (Phi) is 2.40. The summed E-state index contributed by atoms with van der Waals surface area (Å²) in [5, 5.41) is 1.16. The quantitative estimate of drug-likeness (QED) is 0.720. The number of aromatic nitrogens is 1. The van der Waals surface area contributed by atoms with Crippen LogP contribution in [0.1, 0.15) is 0 Å². The molecule has 0 atom stereocenters. The van der Waals surface area contributed by atoms with Crippen LogP contribution in [0.4, 0.5) is 0 Å². The minimum atomic E-state index is -3.17. The Balaban J connectivity index is 2.73. The molecule has 0 fully saturated rings. The molecule has 3 nitrogen and oxygen atoms in total. The van der Waals surface area contributed by atoms with Crippen molar-refractivity contribution < 1.29 is 8.42 Å². The van der Waals surface area contributed by atoms with Gasteiger partial charge in [0.1, 0.15) is 5.15 Å². The Hall–Kier alpha value is -1.13. The monoisotopic (exact) mass is 241 g/mol. The largest absolute Gasteiger partial charge is 0.236 e. The van der Waals surface area contributed by atoms with Crippen molar-refractivity contribution >= 4 is 32.3 Å². The van der Waals surface area contributed by atoms with Crippen molar-refractivity contribution in [2.75, 3.05) is 6.26 Å². The number of benzene rings is 1. The summed E-state index contributed by atoms with van der Waals surface area (Å²) in [6, 6.07) is 8.15. The lowest BCUT2D eigenvalue weighted by Gasteiger charge is -2.01. The van der Waals surface area contributed by atoms with Crippen LogP contribution in [0.2, 0.25) is 5.15 Å². The molecular weight excluding hydrogens is 234 g/mol. The van der Waals surface area contributed by atoms with Gasteiger partial charge >= 0.3 is 0 Å². The summed E-state index contributed by atoms with van der Waals surface area (Å²) in [4.78, 5) is 4.36. The lowest BCUT2D eigenvalue weighted by atomic mass is 10.2. The van der Waals surface area contributed by atoms with E-state index in [1.165, 1.54) is 12.3 Å². The molecule has 1 aromatic carbocycles. The first kappa shape index (κ1) is 10.4. The van der Waals surface area contributed by atoms with Crippen LogP contribution in [-0.4, -0.2) is 19.7 Å². The average Bonchev–Trinajstić information content (AvgIpc) is 2.15. The molecule has 0 saturated heterocycles. The van der Waals surface area contributed by atoms with Crippen LogP contribution >= 0.6 is 11.6 Å². The Bertz CT molecular complexity index is 622. The molecule has 1 aromatic heterocycles. The normalized spacial score (nSPS) is 11.9. The molecule has 5 heteroatoms. The smallest absolute Gasteiger partial charge is 0.175 e. The summed E-state index contributed by atoms with van der Waals surface area (Å²) < 4.78 is 22.6. The van der Waals surface area contributed by atoms with Crippen LogP contribution in [-0.2, 0) is 9.84 Å². The number of sulfone groups is 1. The van der Waals surface area contributed by atoms with Crippen molar-refractivity contribution in [3.8, 4) is 0 Å². The predicted octanol–water partition coefficient (Wildman–Crippen LogP) is 2.29. The van der Waals surface area contributed by atoms with Crippen molar-refractivity contribution in [1.29, 1.82) is 0 Å². The van der Waals surface area contributed by atoms with Gasteiger partial charge in [0.15, 0.2) is 9.84 Å². The van der Waals surface area contributed by atoms with Crippen LogP contribution in [0.3, 0.4) is 0 Å². The van der Waals surface area contributed by atoms with E-state index in [4.69, 9.17) is 11.6 Å². The second-order valence-electron chi connectivity index (χ2n) is 3.26. The van der Waals surface area contributed by atoms with E-state index < -0.39 is 9.84 Å². The summed E-state index contributed by atoms with van der Waals surface area (Å²) in [5.74, 6) is 0. The number of fused-ring (bicyclic) bond motifs is 1. The third-order valence-electron chi connectivity index (χ3n) is 2.05. The van der Waals surface area contributed by atoms with Crippen LogP contribution in [0.15, 0.2) is 35.2 Å². The van der Waals surface area contributed by atoms with E-state index in [1.807, 2.05) is 0 Å². The highest BCUT2D eigenvalue weighted by molar-refractivity contribution is 7.90. The van der Waals surface area contributed by atoms with Gasteiger partial charge in [0, 0.05) is 11.6 Å². The predicted molar refractivity (Wildman–Crippen MR) is 59.9 cm³/mol. The van der Waals surface area contributed by atoms with Crippen molar-refractivity contribution in [2.24, 2.45) is 0 Å². The number of rotatable bonds is 1. The van der Waals surface area contributed by atoms with Gasteiger partial charge < -0.3 is 0 Å². The maximum Gasteiger partial charge on any atom is 0.175 e. The topological polar surface area (TPSA) is 47.0 Å². The van der Waals surface area contributed by atoms with E-state index in [2.05, 4.69) is 4.98 Å². The van der Waals surface area contributed by atoms with Gasteiger partial charge in [0.2, 0.25) is 0 Å². The summed E-state index contributed by atoms with van der Waals surface area (Å²) in [6.45, 7) is 0. The van der Waals surface area contributed by atoms with Gasteiger partial charge in [-0.3, -0.25) is 0 Å². The highest BCUT2D eigenvalue weighted by Crippen LogP contribution is 2.19. The zero-order valence-corrected chi connectivity index (χ0v) is 9.51. The zero-order valence-electron chi connectivity index (χ0n) is 7.94. The van der Waals surface area contributed by atoms with E-state index in [0.29, 0.717) is 15.6 Å². The lowest BCUT2D eigenvalue weighted by molar-refractivity contribution is 0.602. The number of nitrogens with zero attached hydrogens (tertiary/aromatic N) is 1. The molecule has 2 aromatic rings. The minimum absolute atomic E-state index is 0.291.